The molecule has 7 N–H and O–H groups in total. The Hall–Kier alpha value is -1.85. The summed E-state index contributed by atoms with van der Waals surface area (Å²) in [6.45, 7) is 2.34. The third-order valence-electron chi connectivity index (χ3n) is 5.04. The van der Waals surface area contributed by atoms with E-state index in [1.54, 1.807) is 0 Å². The zero-order valence-electron chi connectivity index (χ0n) is 17.8. The van der Waals surface area contributed by atoms with Gasteiger partial charge in [0.1, 0.15) is 18.1 Å². The number of carbonyl (C=O) groups excluding carboxylic acids is 3. The van der Waals surface area contributed by atoms with Crippen LogP contribution in [-0.2, 0) is 19.2 Å². The second-order valence-corrected chi connectivity index (χ2v) is 8.49. The van der Waals surface area contributed by atoms with Gasteiger partial charge in [0.05, 0.1) is 6.04 Å². The Morgan fingerprint density at radius 3 is 2.37 bits per heavy atom. The number of nitrogens with two attached hydrogens (primary N) is 2. The number of carboxylic acid groups (broad SMARTS) is 1. The van der Waals surface area contributed by atoms with Gasteiger partial charge in [-0.3, -0.25) is 14.4 Å². The number of amides is 3. The zero-order chi connectivity index (χ0) is 22.7. The molecule has 0 aromatic heterocycles. The fourth-order valence-corrected chi connectivity index (χ4v) is 3.79. The highest BCUT2D eigenvalue weighted by Crippen LogP contribution is 2.20. The highest BCUT2D eigenvalue weighted by molar-refractivity contribution is 7.98. The van der Waals surface area contributed by atoms with E-state index in [0.717, 1.165) is 0 Å². The van der Waals surface area contributed by atoms with E-state index in [2.05, 4.69) is 10.6 Å². The molecule has 4 unspecified atom stereocenters. The number of hydrogen-bond acceptors (Lipinski definition) is 7. The van der Waals surface area contributed by atoms with Crippen LogP contribution in [-0.4, -0.2) is 83.0 Å². The number of hydrogen-bond donors (Lipinski definition) is 5. The number of carboxylic acids is 1. The average Bonchev–Trinajstić information content (AvgIpc) is 3.19. The van der Waals surface area contributed by atoms with Gasteiger partial charge >= 0.3 is 5.97 Å². The highest BCUT2D eigenvalue weighted by atomic mass is 32.2. The summed E-state index contributed by atoms with van der Waals surface area (Å²) >= 11 is 1.53. The minimum Gasteiger partial charge on any atom is -0.480 e. The molecule has 0 spiro atoms. The third kappa shape index (κ3) is 8.11. The third-order valence-corrected chi connectivity index (χ3v) is 5.68. The standard InChI is InChI=1S/C19H35N5O5S/c1-12(21)16(25)22-13(6-3-4-9-20)17(26)23-14(8-11-30-2)18(27)24-10-5-7-15(24)19(28)29/h12-15H,3-11,20-21H2,1-2H3,(H,22,25)(H,23,26)(H,28,29). The van der Waals surface area contributed by atoms with Crippen LogP contribution in [0.2, 0.25) is 0 Å². The van der Waals surface area contributed by atoms with Crippen LogP contribution in [0, 0.1) is 0 Å². The summed E-state index contributed by atoms with van der Waals surface area (Å²) in [5, 5.41) is 14.7. The maximum absolute atomic E-state index is 13.0. The quantitative estimate of drug-likeness (QED) is 0.231. The molecule has 10 nitrogen and oxygen atoms in total. The number of likely N-dealkylation sites (tertiary alicyclic amines) is 1. The molecule has 30 heavy (non-hydrogen) atoms. The fourth-order valence-electron chi connectivity index (χ4n) is 3.32. The first-order chi connectivity index (χ1) is 14.2. The molecule has 4 atom stereocenters. The lowest BCUT2D eigenvalue weighted by atomic mass is 10.1. The number of thioether (sulfide) groups is 1. The Kier molecular flexibility index (Phi) is 11.7. The average molecular weight is 446 g/mol. The van der Waals surface area contributed by atoms with Gasteiger partial charge in [0.25, 0.3) is 0 Å². The first kappa shape index (κ1) is 26.2. The van der Waals surface area contributed by atoms with Gasteiger partial charge in [0.2, 0.25) is 17.7 Å². The van der Waals surface area contributed by atoms with E-state index in [0.29, 0.717) is 57.4 Å². The Bertz CT molecular complexity index is 604. The minimum atomic E-state index is -1.04. The SMILES string of the molecule is CSCCC(NC(=O)C(CCCCN)NC(=O)C(C)N)C(=O)N1CCCC1C(=O)O. The molecule has 0 bridgehead atoms. The molecule has 1 heterocycles. The summed E-state index contributed by atoms with van der Waals surface area (Å²) in [6, 6.07) is -3.34. The van der Waals surface area contributed by atoms with Crippen molar-refractivity contribution in [2.75, 3.05) is 25.1 Å². The smallest absolute Gasteiger partial charge is 0.326 e. The summed E-state index contributed by atoms with van der Waals surface area (Å²) in [4.78, 5) is 50.8. The molecule has 1 aliphatic rings. The summed E-state index contributed by atoms with van der Waals surface area (Å²) in [6.07, 6.45) is 4.95. The molecular formula is C19H35N5O5S. The molecule has 0 aromatic rings. The van der Waals surface area contributed by atoms with Gasteiger partial charge in [-0.2, -0.15) is 11.8 Å². The molecule has 0 aliphatic carbocycles. The van der Waals surface area contributed by atoms with Gasteiger partial charge < -0.3 is 32.1 Å². The fraction of sp³-hybridized carbons (Fsp3) is 0.789. The van der Waals surface area contributed by atoms with Gasteiger partial charge in [-0.05, 0) is 64.0 Å². The van der Waals surface area contributed by atoms with E-state index < -0.39 is 47.9 Å². The Morgan fingerprint density at radius 2 is 1.80 bits per heavy atom. The lowest BCUT2D eigenvalue weighted by Gasteiger charge is -2.29. The van der Waals surface area contributed by atoms with Crippen molar-refractivity contribution in [3.8, 4) is 0 Å². The molecule has 1 fully saturated rings. The van der Waals surface area contributed by atoms with E-state index in [4.69, 9.17) is 11.5 Å². The maximum Gasteiger partial charge on any atom is 0.326 e. The largest absolute Gasteiger partial charge is 0.480 e. The van der Waals surface area contributed by atoms with Crippen LogP contribution in [0.1, 0.15) is 45.4 Å². The topological polar surface area (TPSA) is 168 Å². The number of nitrogens with one attached hydrogen (secondary N) is 2. The number of carbonyl (C=O) groups is 4. The molecule has 3 amide bonds. The minimum absolute atomic E-state index is 0.350. The lowest BCUT2D eigenvalue weighted by Crippen LogP contribution is -2.57. The summed E-state index contributed by atoms with van der Waals surface area (Å²) in [5.74, 6) is -1.76. The normalized spacial score (nSPS) is 19.1. The van der Waals surface area contributed by atoms with Gasteiger partial charge in [0, 0.05) is 6.54 Å². The molecule has 11 heteroatoms. The first-order valence-corrected chi connectivity index (χ1v) is 11.7. The van der Waals surface area contributed by atoms with E-state index in [-0.39, 0.29) is 0 Å². The molecule has 1 saturated heterocycles. The molecule has 172 valence electrons. The van der Waals surface area contributed by atoms with Crippen LogP contribution in [0.4, 0.5) is 0 Å². The Balaban J connectivity index is 2.92. The van der Waals surface area contributed by atoms with E-state index in [1.807, 2.05) is 6.26 Å². The molecule has 1 aliphatic heterocycles. The molecular weight excluding hydrogens is 410 g/mol. The van der Waals surface area contributed by atoms with Crippen molar-refractivity contribution in [2.45, 2.75) is 69.6 Å². The Morgan fingerprint density at radius 1 is 1.13 bits per heavy atom. The van der Waals surface area contributed by atoms with Crippen molar-refractivity contribution in [3.63, 3.8) is 0 Å². The number of aliphatic carboxylic acids is 1. The van der Waals surface area contributed by atoms with E-state index in [9.17, 15) is 24.3 Å². The first-order valence-electron chi connectivity index (χ1n) is 10.3. The van der Waals surface area contributed by atoms with Crippen LogP contribution in [0.3, 0.4) is 0 Å². The van der Waals surface area contributed by atoms with Crippen molar-refractivity contribution in [2.24, 2.45) is 11.5 Å². The molecule has 1 rings (SSSR count). The number of nitrogens with zero attached hydrogens (tertiary/aromatic N) is 1. The van der Waals surface area contributed by atoms with Crippen LogP contribution in [0.15, 0.2) is 0 Å². The van der Waals surface area contributed by atoms with E-state index in [1.165, 1.54) is 23.6 Å². The van der Waals surface area contributed by atoms with Crippen molar-refractivity contribution in [1.29, 1.82) is 0 Å². The van der Waals surface area contributed by atoms with Gasteiger partial charge in [-0.1, -0.05) is 0 Å². The van der Waals surface area contributed by atoms with Crippen molar-refractivity contribution >= 4 is 35.5 Å². The maximum atomic E-state index is 13.0. The summed E-state index contributed by atoms with van der Waals surface area (Å²) in [7, 11) is 0. The van der Waals surface area contributed by atoms with Crippen molar-refractivity contribution in [1.82, 2.24) is 15.5 Å². The van der Waals surface area contributed by atoms with Gasteiger partial charge in [0.15, 0.2) is 0 Å². The Labute approximate surface area is 181 Å². The second kappa shape index (κ2) is 13.5. The summed E-state index contributed by atoms with van der Waals surface area (Å²) < 4.78 is 0. The number of rotatable bonds is 13. The highest BCUT2D eigenvalue weighted by Gasteiger charge is 2.38. The van der Waals surface area contributed by atoms with Crippen LogP contribution < -0.4 is 22.1 Å². The van der Waals surface area contributed by atoms with Crippen molar-refractivity contribution < 1.29 is 24.3 Å². The predicted molar refractivity (Wildman–Crippen MR) is 116 cm³/mol. The molecule has 0 aromatic carbocycles. The van der Waals surface area contributed by atoms with Gasteiger partial charge in [-0.15, -0.1) is 0 Å². The van der Waals surface area contributed by atoms with Crippen LogP contribution >= 0.6 is 11.8 Å². The molecule has 0 radical (unpaired) electrons. The second-order valence-electron chi connectivity index (χ2n) is 7.50. The molecule has 0 saturated carbocycles. The lowest BCUT2D eigenvalue weighted by molar-refractivity contribution is -0.149. The monoisotopic (exact) mass is 445 g/mol. The predicted octanol–water partition coefficient (Wildman–Crippen LogP) is -0.739. The number of unbranched alkanes of at least 4 members (excludes halogenated alkanes) is 1. The van der Waals surface area contributed by atoms with Crippen LogP contribution in [0.5, 0.6) is 0 Å². The summed E-state index contributed by atoms with van der Waals surface area (Å²) in [5.41, 5.74) is 11.1. The van der Waals surface area contributed by atoms with Crippen LogP contribution in [0.25, 0.3) is 0 Å². The zero-order valence-corrected chi connectivity index (χ0v) is 18.6. The van der Waals surface area contributed by atoms with Crippen molar-refractivity contribution in [3.05, 3.63) is 0 Å². The van der Waals surface area contributed by atoms with Gasteiger partial charge in [-0.25, -0.2) is 4.79 Å². The van der Waals surface area contributed by atoms with E-state index >= 15 is 0 Å².